The zero-order chi connectivity index (χ0) is 13.7. The van der Waals surface area contributed by atoms with Gasteiger partial charge in [0.2, 0.25) is 0 Å². The van der Waals surface area contributed by atoms with Crippen molar-refractivity contribution in [3.8, 4) is 0 Å². The number of nitrogens with two attached hydrogens (primary N) is 1. The van der Waals surface area contributed by atoms with Crippen molar-refractivity contribution < 1.29 is 4.74 Å². The minimum atomic E-state index is -0.0910. The smallest absolute Gasteiger partial charge is 0.160 e. The van der Waals surface area contributed by atoms with Gasteiger partial charge >= 0.3 is 0 Å². The third-order valence-corrected chi connectivity index (χ3v) is 2.93. The lowest BCUT2D eigenvalue weighted by Gasteiger charge is -2.21. The molecule has 1 atom stereocenters. The Morgan fingerprint density at radius 1 is 1.28 bits per heavy atom. The van der Waals surface area contributed by atoms with Crippen LogP contribution in [0, 0.1) is 12.8 Å². The van der Waals surface area contributed by atoms with Gasteiger partial charge in [0.15, 0.2) is 5.82 Å². The van der Waals surface area contributed by atoms with E-state index in [0.29, 0.717) is 24.2 Å². The van der Waals surface area contributed by atoms with Gasteiger partial charge in [-0.3, -0.25) is 0 Å². The number of aryl methyl sites for hydroxylation is 1. The van der Waals surface area contributed by atoms with Gasteiger partial charge in [0.05, 0.1) is 0 Å². The van der Waals surface area contributed by atoms with Crippen LogP contribution in [0.5, 0.6) is 0 Å². The van der Waals surface area contributed by atoms with Crippen LogP contribution in [-0.4, -0.2) is 16.6 Å². The van der Waals surface area contributed by atoms with Gasteiger partial charge in [-0.05, 0) is 26.2 Å². The van der Waals surface area contributed by atoms with E-state index in [2.05, 4.69) is 36.2 Å². The molecule has 1 unspecified atom stereocenters. The summed E-state index contributed by atoms with van der Waals surface area (Å²) in [5.41, 5.74) is 4.67. The molecule has 0 saturated carbocycles. The van der Waals surface area contributed by atoms with E-state index in [0.717, 1.165) is 17.7 Å². The molecule has 18 heavy (non-hydrogen) atoms. The fourth-order valence-corrected chi connectivity index (χ4v) is 2.03. The lowest BCUT2D eigenvalue weighted by molar-refractivity contribution is 0.0231. The minimum absolute atomic E-state index is 0.0910. The Hall–Kier alpha value is -1.20. The first-order valence-corrected chi connectivity index (χ1v) is 6.50. The largest absolute Gasteiger partial charge is 0.370 e. The second-order valence-corrected chi connectivity index (χ2v) is 4.61. The van der Waals surface area contributed by atoms with E-state index >= 15 is 0 Å². The number of rotatable bonds is 6. The quantitative estimate of drug-likeness (QED) is 0.600. The molecule has 5 heteroatoms. The van der Waals surface area contributed by atoms with Crippen LogP contribution in [0.4, 0.5) is 5.82 Å². The van der Waals surface area contributed by atoms with Crippen molar-refractivity contribution in [2.45, 2.75) is 47.1 Å². The highest BCUT2D eigenvalue weighted by Gasteiger charge is 2.21. The highest BCUT2D eigenvalue weighted by atomic mass is 16.5. The summed E-state index contributed by atoms with van der Waals surface area (Å²) in [4.78, 5) is 9.05. The third-order valence-electron chi connectivity index (χ3n) is 2.93. The number of hydrogen-bond acceptors (Lipinski definition) is 5. The molecule has 0 saturated heterocycles. The summed E-state index contributed by atoms with van der Waals surface area (Å²) in [6, 6.07) is 0. The zero-order valence-corrected chi connectivity index (χ0v) is 11.9. The Balaban J connectivity index is 3.20. The first-order chi connectivity index (χ1) is 8.54. The average molecular weight is 252 g/mol. The molecule has 0 bridgehead atoms. The van der Waals surface area contributed by atoms with Crippen molar-refractivity contribution in [1.29, 1.82) is 0 Å². The number of hydrogen-bond donors (Lipinski definition) is 2. The Bertz CT molecular complexity index is 393. The van der Waals surface area contributed by atoms with Gasteiger partial charge < -0.3 is 10.2 Å². The van der Waals surface area contributed by atoms with Gasteiger partial charge in [-0.1, -0.05) is 20.8 Å². The summed E-state index contributed by atoms with van der Waals surface area (Å²) in [6.07, 6.45) is 0.763. The predicted octanol–water partition coefficient (Wildman–Crippen LogP) is 2.37. The molecule has 0 aliphatic heterocycles. The van der Waals surface area contributed by atoms with E-state index in [1.165, 1.54) is 0 Å². The SMILES string of the molecule is CCOC(c1nc(C)c(CC)c(NN)n1)C(C)C. The molecule has 0 fully saturated rings. The summed E-state index contributed by atoms with van der Waals surface area (Å²) in [6.45, 7) is 10.9. The molecule has 5 nitrogen and oxygen atoms in total. The van der Waals surface area contributed by atoms with Crippen LogP contribution in [0.25, 0.3) is 0 Å². The lowest BCUT2D eigenvalue weighted by atomic mass is 10.1. The summed E-state index contributed by atoms with van der Waals surface area (Å²) in [5.74, 6) is 7.26. The van der Waals surface area contributed by atoms with Crippen LogP contribution in [-0.2, 0) is 11.2 Å². The van der Waals surface area contributed by atoms with Crippen LogP contribution in [0.2, 0.25) is 0 Å². The number of aromatic nitrogens is 2. The molecule has 1 rings (SSSR count). The second-order valence-electron chi connectivity index (χ2n) is 4.61. The first-order valence-electron chi connectivity index (χ1n) is 6.50. The third kappa shape index (κ3) is 3.17. The summed E-state index contributed by atoms with van der Waals surface area (Å²) in [5, 5.41) is 0. The summed E-state index contributed by atoms with van der Waals surface area (Å²) in [7, 11) is 0. The molecule has 0 radical (unpaired) electrons. The zero-order valence-electron chi connectivity index (χ0n) is 11.9. The molecule has 1 aromatic rings. The molecule has 0 amide bonds. The Kier molecular flexibility index (Phi) is 5.50. The highest BCUT2D eigenvalue weighted by molar-refractivity contribution is 5.45. The minimum Gasteiger partial charge on any atom is -0.370 e. The van der Waals surface area contributed by atoms with Gasteiger partial charge in [-0.15, -0.1) is 0 Å². The number of anilines is 1. The maximum Gasteiger partial charge on any atom is 0.160 e. The van der Waals surface area contributed by atoms with Crippen molar-refractivity contribution >= 4 is 5.82 Å². The van der Waals surface area contributed by atoms with Gasteiger partial charge in [-0.25, -0.2) is 15.8 Å². The molecular formula is C13H24N4O. The van der Waals surface area contributed by atoms with E-state index < -0.39 is 0 Å². The molecule has 102 valence electrons. The maximum atomic E-state index is 5.72. The monoisotopic (exact) mass is 252 g/mol. The number of hydrazine groups is 1. The van der Waals surface area contributed by atoms with E-state index in [-0.39, 0.29) is 6.10 Å². The van der Waals surface area contributed by atoms with Crippen molar-refractivity contribution in [2.24, 2.45) is 11.8 Å². The summed E-state index contributed by atoms with van der Waals surface area (Å²) < 4.78 is 5.72. The number of nitrogen functional groups attached to an aromatic ring is 1. The van der Waals surface area contributed by atoms with Crippen molar-refractivity contribution in [2.75, 3.05) is 12.0 Å². The predicted molar refractivity (Wildman–Crippen MR) is 73.2 cm³/mol. The maximum absolute atomic E-state index is 5.72. The van der Waals surface area contributed by atoms with E-state index in [9.17, 15) is 0 Å². The van der Waals surface area contributed by atoms with E-state index in [1.54, 1.807) is 0 Å². The van der Waals surface area contributed by atoms with E-state index in [4.69, 9.17) is 10.6 Å². The first kappa shape index (κ1) is 14.9. The Labute approximate surface area is 109 Å². The van der Waals surface area contributed by atoms with Gasteiger partial charge in [-0.2, -0.15) is 0 Å². The second kappa shape index (κ2) is 6.66. The molecule has 1 heterocycles. The highest BCUT2D eigenvalue weighted by Crippen LogP contribution is 2.26. The molecule has 1 aromatic heterocycles. The van der Waals surface area contributed by atoms with Gasteiger partial charge in [0.1, 0.15) is 11.9 Å². The number of nitrogens with one attached hydrogen (secondary N) is 1. The molecule has 0 spiro atoms. The fraction of sp³-hybridized carbons (Fsp3) is 0.692. The van der Waals surface area contributed by atoms with Crippen molar-refractivity contribution in [1.82, 2.24) is 9.97 Å². The van der Waals surface area contributed by atoms with Crippen LogP contribution in [0.15, 0.2) is 0 Å². The topological polar surface area (TPSA) is 73.1 Å². The molecule has 0 aliphatic carbocycles. The number of ether oxygens (including phenoxy) is 1. The van der Waals surface area contributed by atoms with Gasteiger partial charge in [0, 0.05) is 17.9 Å². The molecule has 0 aliphatic rings. The van der Waals surface area contributed by atoms with Crippen LogP contribution < -0.4 is 11.3 Å². The van der Waals surface area contributed by atoms with Gasteiger partial charge in [0.25, 0.3) is 0 Å². The lowest BCUT2D eigenvalue weighted by Crippen LogP contribution is -2.19. The molecule has 3 N–H and O–H groups in total. The normalized spacial score (nSPS) is 12.8. The van der Waals surface area contributed by atoms with Crippen molar-refractivity contribution in [3.05, 3.63) is 17.1 Å². The molecule has 0 aromatic carbocycles. The van der Waals surface area contributed by atoms with Crippen LogP contribution in [0.1, 0.15) is 50.9 Å². The number of nitrogens with zero attached hydrogens (tertiary/aromatic N) is 2. The Morgan fingerprint density at radius 3 is 2.39 bits per heavy atom. The Morgan fingerprint density at radius 2 is 1.94 bits per heavy atom. The standard InChI is InChI=1S/C13H24N4O/c1-6-10-9(5)15-13(16-12(10)17-14)11(8(3)4)18-7-2/h8,11H,6-7,14H2,1-5H3,(H,15,16,17). The average Bonchev–Trinajstić information content (AvgIpc) is 2.34. The van der Waals surface area contributed by atoms with Crippen LogP contribution >= 0.6 is 0 Å². The van der Waals surface area contributed by atoms with E-state index in [1.807, 2.05) is 13.8 Å². The van der Waals surface area contributed by atoms with Crippen molar-refractivity contribution in [3.63, 3.8) is 0 Å². The summed E-state index contributed by atoms with van der Waals surface area (Å²) >= 11 is 0. The molecular weight excluding hydrogens is 228 g/mol. The fourth-order valence-electron chi connectivity index (χ4n) is 2.03. The van der Waals surface area contributed by atoms with Crippen LogP contribution in [0.3, 0.4) is 0 Å².